The summed E-state index contributed by atoms with van der Waals surface area (Å²) in [7, 11) is 0. The maximum Gasteiger partial charge on any atom is 0.284 e. The van der Waals surface area contributed by atoms with Crippen molar-refractivity contribution in [1.82, 2.24) is 15.0 Å². The fourth-order valence-electron chi connectivity index (χ4n) is 3.47. The number of aromatic nitrogens is 2. The minimum atomic E-state index is -0.567. The van der Waals surface area contributed by atoms with Gasteiger partial charge in [0.1, 0.15) is 5.57 Å². The molecule has 9 heteroatoms. The fourth-order valence-corrected chi connectivity index (χ4v) is 4.05. The summed E-state index contributed by atoms with van der Waals surface area (Å²) < 4.78 is 0.856. The van der Waals surface area contributed by atoms with E-state index in [-0.39, 0.29) is 10.7 Å². The Labute approximate surface area is 202 Å². The zero-order chi connectivity index (χ0) is 22.9. The Kier molecular flexibility index (Phi) is 5.49. The molecule has 7 nitrogen and oxygen atoms in total. The first-order valence-electron chi connectivity index (χ1n) is 9.98. The third-order valence-electron chi connectivity index (χ3n) is 5.05. The van der Waals surface area contributed by atoms with Gasteiger partial charge in [0.2, 0.25) is 11.1 Å². The van der Waals surface area contributed by atoms with Crippen LogP contribution in [0.4, 0.5) is 11.6 Å². The number of hydrazine groups is 1. The van der Waals surface area contributed by atoms with E-state index in [9.17, 15) is 9.59 Å². The van der Waals surface area contributed by atoms with Gasteiger partial charge in [0, 0.05) is 4.47 Å². The minimum Gasteiger partial charge on any atom is -0.323 e. The predicted molar refractivity (Wildman–Crippen MR) is 135 cm³/mol. The molecule has 3 aromatic carbocycles. The Morgan fingerprint density at radius 1 is 0.909 bits per heavy atom. The normalized spacial score (nSPS) is 15.5. The number of carbonyl (C=O) groups is 2. The average molecular weight is 518 g/mol. The van der Waals surface area contributed by atoms with E-state index in [2.05, 4.69) is 31.3 Å². The van der Waals surface area contributed by atoms with E-state index in [0.717, 1.165) is 26.1 Å². The molecular formula is C24H16BrN5O2S. The molecule has 1 aromatic heterocycles. The van der Waals surface area contributed by atoms with Crippen LogP contribution in [-0.4, -0.2) is 31.9 Å². The Hall–Kier alpha value is -3.82. The van der Waals surface area contributed by atoms with E-state index in [1.165, 1.54) is 4.90 Å². The molecule has 2 heterocycles. The van der Waals surface area contributed by atoms with E-state index in [1.807, 2.05) is 54.6 Å². The second kappa shape index (κ2) is 8.61. The van der Waals surface area contributed by atoms with Crippen LogP contribution >= 0.6 is 28.1 Å². The van der Waals surface area contributed by atoms with Crippen LogP contribution < -0.4 is 10.3 Å². The van der Waals surface area contributed by atoms with Crippen LogP contribution in [0.1, 0.15) is 5.56 Å². The van der Waals surface area contributed by atoms with Gasteiger partial charge in [0.25, 0.3) is 11.8 Å². The van der Waals surface area contributed by atoms with Gasteiger partial charge in [0.05, 0.1) is 16.7 Å². The first kappa shape index (κ1) is 21.0. The van der Waals surface area contributed by atoms with Crippen LogP contribution in [0, 0.1) is 0 Å². The average Bonchev–Trinajstić information content (AvgIpc) is 3.24. The van der Waals surface area contributed by atoms with Crippen molar-refractivity contribution in [3.63, 3.8) is 0 Å². The van der Waals surface area contributed by atoms with E-state index < -0.39 is 11.8 Å². The maximum atomic E-state index is 13.4. The van der Waals surface area contributed by atoms with E-state index >= 15 is 0 Å². The molecule has 2 amide bonds. The number of carbonyl (C=O) groups excluding carboxylic acids is 2. The maximum absolute atomic E-state index is 13.4. The lowest BCUT2D eigenvalue weighted by atomic mass is 10.1. The summed E-state index contributed by atoms with van der Waals surface area (Å²) in [6.07, 6.45) is 1.56. The highest BCUT2D eigenvalue weighted by molar-refractivity contribution is 9.10. The van der Waals surface area contributed by atoms with Crippen LogP contribution in [0.3, 0.4) is 0 Å². The first-order chi connectivity index (χ1) is 16.0. The highest BCUT2D eigenvalue weighted by Crippen LogP contribution is 2.28. The number of H-pyrrole nitrogens is 1. The number of thiocarbonyl (C=S) groups is 1. The van der Waals surface area contributed by atoms with Gasteiger partial charge in [-0.2, -0.15) is 5.01 Å². The van der Waals surface area contributed by atoms with Crippen molar-refractivity contribution in [2.75, 3.05) is 10.3 Å². The van der Waals surface area contributed by atoms with Gasteiger partial charge in [-0.05, 0) is 60.3 Å². The molecule has 0 radical (unpaired) electrons. The number of hydrogen-bond donors (Lipinski definition) is 2. The molecule has 0 spiro atoms. The molecule has 33 heavy (non-hydrogen) atoms. The molecule has 0 saturated carbocycles. The minimum absolute atomic E-state index is 0.00186. The number of hydrogen-bond acceptors (Lipinski definition) is 5. The summed E-state index contributed by atoms with van der Waals surface area (Å²) in [5.74, 6) is -0.738. The van der Waals surface area contributed by atoms with Crippen molar-refractivity contribution in [2.45, 2.75) is 0 Å². The number of nitrogens with one attached hydrogen (secondary N) is 2. The number of amides is 2. The predicted octanol–water partition coefficient (Wildman–Crippen LogP) is 4.90. The van der Waals surface area contributed by atoms with Gasteiger partial charge in [-0.1, -0.05) is 58.4 Å². The SMILES string of the molecule is O=C1/C(=C/c2ccccc2)C(=O)N(c2ccc(Br)cc2)C(=S)N1Nc1nc2ccccc2[nH]1. The summed E-state index contributed by atoms with van der Waals surface area (Å²) >= 11 is 8.98. The number of imidazole rings is 1. The highest BCUT2D eigenvalue weighted by Gasteiger charge is 2.41. The lowest BCUT2D eigenvalue weighted by Crippen LogP contribution is -2.58. The third kappa shape index (κ3) is 4.04. The standard InChI is InChI=1S/C24H16BrN5O2S/c25-16-10-12-17(13-11-16)29-21(31)18(14-15-6-2-1-3-7-15)22(32)30(24(29)33)28-23-26-19-8-4-5-9-20(19)27-23/h1-14H,(H2,26,27,28)/b18-14+. The molecule has 1 fully saturated rings. The summed E-state index contributed by atoms with van der Waals surface area (Å²) in [5, 5.41) is 1.16. The summed E-state index contributed by atoms with van der Waals surface area (Å²) in [6.45, 7) is 0. The van der Waals surface area contributed by atoms with E-state index in [0.29, 0.717) is 11.6 Å². The van der Waals surface area contributed by atoms with Gasteiger partial charge in [-0.25, -0.2) is 4.98 Å². The molecule has 2 N–H and O–H groups in total. The molecule has 5 rings (SSSR count). The number of para-hydroxylation sites is 2. The largest absolute Gasteiger partial charge is 0.323 e. The number of aromatic amines is 1. The molecule has 1 aliphatic heterocycles. The van der Waals surface area contributed by atoms with Gasteiger partial charge >= 0.3 is 0 Å². The van der Waals surface area contributed by atoms with Crippen molar-refractivity contribution in [3.05, 3.63) is 94.5 Å². The third-order valence-corrected chi connectivity index (χ3v) is 5.95. The lowest BCUT2D eigenvalue weighted by molar-refractivity contribution is -0.127. The monoisotopic (exact) mass is 517 g/mol. The highest BCUT2D eigenvalue weighted by atomic mass is 79.9. The van der Waals surface area contributed by atoms with Crippen LogP contribution in [0.5, 0.6) is 0 Å². The van der Waals surface area contributed by atoms with Crippen LogP contribution in [0.2, 0.25) is 0 Å². The van der Waals surface area contributed by atoms with Crippen LogP contribution in [-0.2, 0) is 9.59 Å². The topological polar surface area (TPSA) is 81.3 Å². The fraction of sp³-hybridized carbons (Fsp3) is 0. The second-order valence-electron chi connectivity index (χ2n) is 7.22. The van der Waals surface area contributed by atoms with Gasteiger partial charge in [-0.3, -0.25) is 19.9 Å². The molecule has 0 atom stereocenters. The number of nitrogens with zero attached hydrogens (tertiary/aromatic N) is 3. The Morgan fingerprint density at radius 2 is 1.61 bits per heavy atom. The summed E-state index contributed by atoms with van der Waals surface area (Å²) in [4.78, 5) is 35.8. The molecule has 1 saturated heterocycles. The van der Waals surface area contributed by atoms with Gasteiger partial charge < -0.3 is 4.98 Å². The van der Waals surface area contributed by atoms with Crippen molar-refractivity contribution >= 4 is 73.8 Å². The van der Waals surface area contributed by atoms with E-state index in [1.54, 1.807) is 30.3 Å². The van der Waals surface area contributed by atoms with Crippen molar-refractivity contribution in [2.24, 2.45) is 0 Å². The summed E-state index contributed by atoms with van der Waals surface area (Å²) in [6, 6.07) is 23.8. The molecule has 0 unspecified atom stereocenters. The van der Waals surface area contributed by atoms with Crippen LogP contribution in [0.25, 0.3) is 17.1 Å². The lowest BCUT2D eigenvalue weighted by Gasteiger charge is -2.36. The Bertz CT molecular complexity index is 1380. The number of benzene rings is 3. The zero-order valence-electron chi connectivity index (χ0n) is 17.0. The van der Waals surface area contributed by atoms with Crippen LogP contribution in [0.15, 0.2) is 88.9 Å². The molecule has 0 bridgehead atoms. The van der Waals surface area contributed by atoms with Crippen molar-refractivity contribution < 1.29 is 9.59 Å². The van der Waals surface area contributed by atoms with Gasteiger partial charge in [-0.15, -0.1) is 0 Å². The Morgan fingerprint density at radius 3 is 2.33 bits per heavy atom. The molecule has 1 aliphatic rings. The van der Waals surface area contributed by atoms with E-state index in [4.69, 9.17) is 12.2 Å². The number of rotatable bonds is 4. The molecule has 4 aromatic rings. The number of fused-ring (bicyclic) bond motifs is 1. The zero-order valence-corrected chi connectivity index (χ0v) is 19.4. The summed E-state index contributed by atoms with van der Waals surface area (Å²) in [5.41, 5.74) is 5.72. The van der Waals surface area contributed by atoms with Crippen molar-refractivity contribution in [3.8, 4) is 0 Å². The molecule has 0 aliphatic carbocycles. The number of halogens is 1. The quantitative estimate of drug-likeness (QED) is 0.228. The van der Waals surface area contributed by atoms with Gasteiger partial charge in [0.15, 0.2) is 0 Å². The second-order valence-corrected chi connectivity index (χ2v) is 8.50. The first-order valence-corrected chi connectivity index (χ1v) is 11.2. The molecular weight excluding hydrogens is 502 g/mol. The number of anilines is 2. The Balaban J connectivity index is 1.58. The molecule has 162 valence electrons. The van der Waals surface area contributed by atoms with Crippen molar-refractivity contribution in [1.29, 1.82) is 0 Å². The smallest absolute Gasteiger partial charge is 0.284 e.